The Morgan fingerprint density at radius 3 is 2.76 bits per heavy atom. The first-order valence-electron chi connectivity index (χ1n) is 6.15. The molecule has 1 aromatic carbocycles. The summed E-state index contributed by atoms with van der Waals surface area (Å²) in [6.07, 6.45) is 0.152. The van der Waals surface area contributed by atoms with Gasteiger partial charge in [-0.2, -0.15) is 0 Å². The molecule has 1 N–H and O–H groups in total. The zero-order chi connectivity index (χ0) is 12.3. The van der Waals surface area contributed by atoms with Gasteiger partial charge in [-0.05, 0) is 5.56 Å². The molecular weight excluding hydrogens is 214 g/mol. The summed E-state index contributed by atoms with van der Waals surface area (Å²) in [4.78, 5) is 13.6. The van der Waals surface area contributed by atoms with E-state index in [2.05, 4.69) is 4.90 Å². The topological polar surface area (TPSA) is 40.5 Å². The van der Waals surface area contributed by atoms with Crippen LogP contribution < -0.4 is 0 Å². The molecule has 1 heterocycles. The monoisotopic (exact) mass is 233 g/mol. The Morgan fingerprint density at radius 1 is 1.41 bits per heavy atom. The van der Waals surface area contributed by atoms with Crippen LogP contribution in [0, 0.1) is 5.92 Å². The quantitative estimate of drug-likeness (QED) is 0.862. The van der Waals surface area contributed by atoms with E-state index in [1.807, 2.05) is 37.3 Å². The van der Waals surface area contributed by atoms with Crippen molar-refractivity contribution in [2.45, 2.75) is 19.4 Å². The van der Waals surface area contributed by atoms with Gasteiger partial charge < -0.3 is 5.11 Å². The first-order valence-corrected chi connectivity index (χ1v) is 6.15. The molecular formula is C14H19NO2. The predicted molar refractivity (Wildman–Crippen MR) is 66.6 cm³/mol. The van der Waals surface area contributed by atoms with Crippen LogP contribution >= 0.6 is 0 Å². The standard InChI is InChI=1S/C14H19NO2/c1-11-9-15(8-7-13(11)16)10-14(17)12-5-3-2-4-6-12/h2-6,11,14,17H,7-10H2,1H3. The summed E-state index contributed by atoms with van der Waals surface area (Å²) >= 11 is 0. The lowest BCUT2D eigenvalue weighted by Gasteiger charge is -2.31. The number of rotatable bonds is 3. The van der Waals surface area contributed by atoms with Gasteiger partial charge in [-0.25, -0.2) is 0 Å². The molecule has 1 aliphatic rings. The van der Waals surface area contributed by atoms with Gasteiger partial charge >= 0.3 is 0 Å². The number of hydrogen-bond donors (Lipinski definition) is 1. The Bertz CT molecular complexity index is 377. The third-order valence-electron chi connectivity index (χ3n) is 3.37. The van der Waals surface area contributed by atoms with Crippen LogP contribution in [-0.2, 0) is 4.79 Å². The second-order valence-corrected chi connectivity index (χ2v) is 4.80. The molecule has 1 aromatic rings. The third kappa shape index (κ3) is 3.14. The molecule has 2 rings (SSSR count). The number of likely N-dealkylation sites (tertiary alicyclic amines) is 1. The SMILES string of the molecule is CC1CN(CC(O)c2ccccc2)CCC1=O. The highest BCUT2D eigenvalue weighted by atomic mass is 16.3. The van der Waals surface area contributed by atoms with Gasteiger partial charge in [0.2, 0.25) is 0 Å². The largest absolute Gasteiger partial charge is 0.387 e. The maximum atomic E-state index is 11.4. The van der Waals surface area contributed by atoms with Crippen molar-refractivity contribution < 1.29 is 9.90 Å². The van der Waals surface area contributed by atoms with Crippen LogP contribution in [0.5, 0.6) is 0 Å². The highest BCUT2D eigenvalue weighted by Gasteiger charge is 2.24. The van der Waals surface area contributed by atoms with Crippen molar-refractivity contribution in [1.29, 1.82) is 0 Å². The van der Waals surface area contributed by atoms with E-state index < -0.39 is 6.10 Å². The molecule has 92 valence electrons. The molecule has 1 aliphatic heterocycles. The third-order valence-corrected chi connectivity index (χ3v) is 3.37. The van der Waals surface area contributed by atoms with Gasteiger partial charge in [-0.1, -0.05) is 37.3 Å². The average molecular weight is 233 g/mol. The van der Waals surface area contributed by atoms with E-state index in [1.54, 1.807) is 0 Å². The smallest absolute Gasteiger partial charge is 0.138 e. The van der Waals surface area contributed by atoms with E-state index in [0.717, 1.165) is 18.7 Å². The number of carbonyl (C=O) groups excluding carboxylic acids is 1. The van der Waals surface area contributed by atoms with Gasteiger partial charge in [-0.15, -0.1) is 0 Å². The van der Waals surface area contributed by atoms with E-state index >= 15 is 0 Å². The number of β-amino-alcohol motifs (C(OH)–C–C–N with tert-alkyl or cyclic N) is 1. The second kappa shape index (κ2) is 5.43. The Kier molecular flexibility index (Phi) is 3.92. The van der Waals surface area contributed by atoms with Crippen molar-refractivity contribution in [3.63, 3.8) is 0 Å². The Morgan fingerprint density at radius 2 is 2.12 bits per heavy atom. The summed E-state index contributed by atoms with van der Waals surface area (Å²) in [5.41, 5.74) is 0.942. The zero-order valence-electron chi connectivity index (χ0n) is 10.2. The number of benzene rings is 1. The summed E-state index contributed by atoms with van der Waals surface area (Å²) in [5.74, 6) is 0.446. The van der Waals surface area contributed by atoms with E-state index in [9.17, 15) is 9.90 Å². The summed E-state index contributed by atoms with van der Waals surface area (Å²) in [6, 6.07) is 9.67. The molecule has 2 atom stereocenters. The number of ketones is 1. The van der Waals surface area contributed by atoms with E-state index in [0.29, 0.717) is 18.7 Å². The van der Waals surface area contributed by atoms with Gasteiger partial charge in [0.15, 0.2) is 0 Å². The summed E-state index contributed by atoms with van der Waals surface area (Å²) in [6.45, 7) is 4.11. The van der Waals surface area contributed by atoms with Crippen LogP contribution in [-0.4, -0.2) is 35.4 Å². The molecule has 0 spiro atoms. The fourth-order valence-corrected chi connectivity index (χ4v) is 2.29. The molecule has 2 unspecified atom stereocenters. The van der Waals surface area contributed by atoms with Gasteiger partial charge in [0.25, 0.3) is 0 Å². The minimum absolute atomic E-state index is 0.103. The second-order valence-electron chi connectivity index (χ2n) is 4.80. The summed E-state index contributed by atoms with van der Waals surface area (Å²) in [5, 5.41) is 10.1. The van der Waals surface area contributed by atoms with Crippen molar-refractivity contribution in [2.75, 3.05) is 19.6 Å². The van der Waals surface area contributed by atoms with Crippen LogP contribution in [0.1, 0.15) is 25.0 Å². The Balaban J connectivity index is 1.91. The normalized spacial score (nSPS) is 23.6. The number of nitrogens with zero attached hydrogens (tertiary/aromatic N) is 1. The van der Waals surface area contributed by atoms with Crippen LogP contribution in [0.4, 0.5) is 0 Å². The number of piperidine rings is 1. The Labute approximate surface area is 102 Å². The predicted octanol–water partition coefficient (Wildman–Crippen LogP) is 1.63. The molecule has 1 fully saturated rings. The molecule has 0 aromatic heterocycles. The fourth-order valence-electron chi connectivity index (χ4n) is 2.29. The number of hydrogen-bond acceptors (Lipinski definition) is 3. The molecule has 0 saturated carbocycles. The van der Waals surface area contributed by atoms with E-state index in [4.69, 9.17) is 0 Å². The molecule has 0 aliphatic carbocycles. The van der Waals surface area contributed by atoms with Crippen molar-refractivity contribution in [3.05, 3.63) is 35.9 Å². The summed E-state index contributed by atoms with van der Waals surface area (Å²) in [7, 11) is 0. The molecule has 17 heavy (non-hydrogen) atoms. The van der Waals surface area contributed by atoms with Crippen molar-refractivity contribution in [1.82, 2.24) is 4.90 Å². The first kappa shape index (κ1) is 12.3. The average Bonchev–Trinajstić information content (AvgIpc) is 2.35. The van der Waals surface area contributed by atoms with Crippen molar-refractivity contribution in [2.24, 2.45) is 5.92 Å². The highest BCUT2D eigenvalue weighted by Crippen LogP contribution is 2.18. The van der Waals surface area contributed by atoms with Gasteiger partial charge in [0, 0.05) is 32.0 Å². The molecule has 3 nitrogen and oxygen atoms in total. The fraction of sp³-hybridized carbons (Fsp3) is 0.500. The van der Waals surface area contributed by atoms with Gasteiger partial charge in [0.05, 0.1) is 6.10 Å². The number of carbonyl (C=O) groups is 1. The zero-order valence-corrected chi connectivity index (χ0v) is 10.2. The number of aliphatic hydroxyl groups excluding tert-OH is 1. The van der Waals surface area contributed by atoms with Gasteiger partial charge in [0.1, 0.15) is 5.78 Å². The lowest BCUT2D eigenvalue weighted by Crippen LogP contribution is -2.41. The lowest BCUT2D eigenvalue weighted by molar-refractivity contribution is -0.126. The minimum Gasteiger partial charge on any atom is -0.387 e. The van der Waals surface area contributed by atoms with Crippen LogP contribution in [0.2, 0.25) is 0 Å². The maximum Gasteiger partial charge on any atom is 0.138 e. The Hall–Kier alpha value is -1.19. The first-order chi connectivity index (χ1) is 8.16. The highest BCUT2D eigenvalue weighted by molar-refractivity contribution is 5.81. The molecule has 3 heteroatoms. The maximum absolute atomic E-state index is 11.4. The molecule has 1 saturated heterocycles. The number of Topliss-reactive ketones (excluding diaryl/α,β-unsaturated/α-hetero) is 1. The molecule has 0 bridgehead atoms. The van der Waals surface area contributed by atoms with Crippen LogP contribution in [0.3, 0.4) is 0 Å². The van der Waals surface area contributed by atoms with Crippen molar-refractivity contribution in [3.8, 4) is 0 Å². The van der Waals surface area contributed by atoms with E-state index in [1.165, 1.54) is 0 Å². The lowest BCUT2D eigenvalue weighted by atomic mass is 9.98. The minimum atomic E-state index is -0.461. The van der Waals surface area contributed by atoms with Crippen LogP contribution in [0.25, 0.3) is 0 Å². The van der Waals surface area contributed by atoms with Crippen LogP contribution in [0.15, 0.2) is 30.3 Å². The molecule has 0 amide bonds. The summed E-state index contributed by atoms with van der Waals surface area (Å²) < 4.78 is 0. The number of aliphatic hydroxyl groups is 1. The van der Waals surface area contributed by atoms with Gasteiger partial charge in [-0.3, -0.25) is 9.69 Å². The van der Waals surface area contributed by atoms with E-state index in [-0.39, 0.29) is 5.92 Å². The van der Waals surface area contributed by atoms with Crippen molar-refractivity contribution >= 4 is 5.78 Å². The molecule has 0 radical (unpaired) electrons.